The normalized spacial score (nSPS) is 35.0. The Kier molecular flexibility index (Phi) is 2.10. The van der Waals surface area contributed by atoms with Crippen LogP contribution in [0.4, 0.5) is 0 Å². The summed E-state index contributed by atoms with van der Waals surface area (Å²) < 4.78 is 10.8. The molecule has 1 unspecified atom stereocenters. The number of hydrogen-bond donors (Lipinski definition) is 0. The predicted molar refractivity (Wildman–Crippen MR) is 46.2 cm³/mol. The second kappa shape index (κ2) is 2.98. The van der Waals surface area contributed by atoms with Gasteiger partial charge in [0.05, 0.1) is 24.9 Å². The summed E-state index contributed by atoms with van der Waals surface area (Å²) in [6.45, 7) is 9.29. The third-order valence-corrected chi connectivity index (χ3v) is 2.37. The first-order chi connectivity index (χ1) is 5.66. The van der Waals surface area contributed by atoms with Crippen molar-refractivity contribution < 1.29 is 9.47 Å². The minimum atomic E-state index is 0.0349. The summed E-state index contributed by atoms with van der Waals surface area (Å²) in [5.74, 6) is 0. The maximum Gasteiger partial charge on any atom is 0.0936 e. The quantitative estimate of drug-likeness (QED) is 0.565. The van der Waals surface area contributed by atoms with E-state index in [1.165, 1.54) is 0 Å². The van der Waals surface area contributed by atoms with E-state index in [1.807, 2.05) is 0 Å². The fraction of sp³-hybridized carbons (Fsp3) is 1.00. The summed E-state index contributed by atoms with van der Waals surface area (Å²) in [5.41, 5.74) is 0.0349. The van der Waals surface area contributed by atoms with Crippen molar-refractivity contribution in [3.05, 3.63) is 0 Å². The fourth-order valence-electron chi connectivity index (χ4n) is 1.73. The molecule has 2 saturated heterocycles. The number of rotatable bonds is 2. The molecule has 2 aliphatic rings. The Bertz CT molecular complexity index is 166. The molecule has 70 valence electrons. The van der Waals surface area contributed by atoms with Crippen LogP contribution in [0.15, 0.2) is 0 Å². The number of ether oxygens (including phenoxy) is 2. The molecule has 0 saturated carbocycles. The van der Waals surface area contributed by atoms with Crippen LogP contribution in [-0.2, 0) is 9.47 Å². The monoisotopic (exact) mass is 171 g/mol. The Morgan fingerprint density at radius 1 is 1.50 bits per heavy atom. The van der Waals surface area contributed by atoms with Crippen LogP contribution in [-0.4, -0.2) is 49.5 Å². The highest BCUT2D eigenvalue weighted by atomic mass is 16.6. The van der Waals surface area contributed by atoms with Gasteiger partial charge in [0, 0.05) is 19.6 Å². The van der Waals surface area contributed by atoms with Crippen molar-refractivity contribution in [1.29, 1.82) is 0 Å². The lowest BCUT2D eigenvalue weighted by Gasteiger charge is -2.37. The van der Waals surface area contributed by atoms with Crippen LogP contribution in [0.3, 0.4) is 0 Å². The van der Waals surface area contributed by atoms with Crippen LogP contribution in [0.25, 0.3) is 0 Å². The Hall–Kier alpha value is -0.120. The first-order valence-electron chi connectivity index (χ1n) is 4.64. The molecule has 0 bridgehead atoms. The molecule has 0 aromatic rings. The first kappa shape index (κ1) is 8.48. The summed E-state index contributed by atoms with van der Waals surface area (Å²) in [5, 5.41) is 0. The van der Waals surface area contributed by atoms with Gasteiger partial charge in [-0.3, -0.25) is 4.90 Å². The van der Waals surface area contributed by atoms with Crippen LogP contribution < -0.4 is 0 Å². The van der Waals surface area contributed by atoms with Gasteiger partial charge >= 0.3 is 0 Å². The standard InChI is InChI=1S/C9H17NO2/c1-9(2)7-10(3-4-12-9)5-8-6-11-8/h8H,3-7H2,1-2H3. The number of nitrogens with zero attached hydrogens (tertiary/aromatic N) is 1. The van der Waals surface area contributed by atoms with E-state index in [2.05, 4.69) is 18.7 Å². The molecule has 3 nitrogen and oxygen atoms in total. The minimum Gasteiger partial charge on any atom is -0.373 e. The van der Waals surface area contributed by atoms with E-state index in [0.29, 0.717) is 6.10 Å². The maximum absolute atomic E-state index is 5.62. The molecule has 3 heteroatoms. The molecule has 0 spiro atoms. The number of epoxide rings is 1. The Morgan fingerprint density at radius 2 is 2.25 bits per heavy atom. The first-order valence-corrected chi connectivity index (χ1v) is 4.64. The summed E-state index contributed by atoms with van der Waals surface area (Å²) in [7, 11) is 0. The summed E-state index contributed by atoms with van der Waals surface area (Å²) in [4.78, 5) is 2.43. The average Bonchev–Trinajstić information content (AvgIpc) is 2.69. The summed E-state index contributed by atoms with van der Waals surface area (Å²) >= 11 is 0. The molecule has 0 amide bonds. The number of morpholine rings is 1. The smallest absolute Gasteiger partial charge is 0.0936 e. The molecule has 2 heterocycles. The predicted octanol–water partition coefficient (Wildman–Crippen LogP) is 0.496. The SMILES string of the molecule is CC1(C)CN(CC2CO2)CCO1. The Labute approximate surface area is 73.6 Å². The zero-order valence-corrected chi connectivity index (χ0v) is 7.88. The van der Waals surface area contributed by atoms with E-state index in [0.717, 1.165) is 32.8 Å². The molecule has 2 aliphatic heterocycles. The molecule has 2 fully saturated rings. The second-order valence-electron chi connectivity index (χ2n) is 4.30. The van der Waals surface area contributed by atoms with Gasteiger partial charge in [0.1, 0.15) is 0 Å². The van der Waals surface area contributed by atoms with E-state index in [9.17, 15) is 0 Å². The van der Waals surface area contributed by atoms with E-state index in [4.69, 9.17) is 9.47 Å². The van der Waals surface area contributed by atoms with Gasteiger partial charge in [0.2, 0.25) is 0 Å². The van der Waals surface area contributed by atoms with Crippen molar-refractivity contribution in [2.75, 3.05) is 32.8 Å². The van der Waals surface area contributed by atoms with Crippen molar-refractivity contribution in [2.24, 2.45) is 0 Å². The molecule has 0 N–H and O–H groups in total. The van der Waals surface area contributed by atoms with E-state index in [-0.39, 0.29) is 5.60 Å². The molecule has 0 aromatic heterocycles. The van der Waals surface area contributed by atoms with Gasteiger partial charge in [0.15, 0.2) is 0 Å². The van der Waals surface area contributed by atoms with Crippen molar-refractivity contribution in [3.8, 4) is 0 Å². The van der Waals surface area contributed by atoms with Crippen molar-refractivity contribution in [3.63, 3.8) is 0 Å². The van der Waals surface area contributed by atoms with Gasteiger partial charge in [-0.2, -0.15) is 0 Å². The van der Waals surface area contributed by atoms with Crippen LogP contribution in [0.5, 0.6) is 0 Å². The molecule has 12 heavy (non-hydrogen) atoms. The molecular formula is C9H17NO2. The Balaban J connectivity index is 1.81. The van der Waals surface area contributed by atoms with Crippen molar-refractivity contribution in [1.82, 2.24) is 4.90 Å². The second-order valence-corrected chi connectivity index (χ2v) is 4.30. The van der Waals surface area contributed by atoms with Gasteiger partial charge in [0.25, 0.3) is 0 Å². The highest BCUT2D eigenvalue weighted by Gasteiger charge is 2.31. The van der Waals surface area contributed by atoms with Gasteiger partial charge in [-0.15, -0.1) is 0 Å². The van der Waals surface area contributed by atoms with Crippen LogP contribution in [0.1, 0.15) is 13.8 Å². The van der Waals surface area contributed by atoms with E-state index in [1.54, 1.807) is 0 Å². The summed E-state index contributed by atoms with van der Waals surface area (Å²) in [6, 6.07) is 0. The topological polar surface area (TPSA) is 25.0 Å². The highest BCUT2D eigenvalue weighted by molar-refractivity contribution is 4.83. The fourth-order valence-corrected chi connectivity index (χ4v) is 1.73. The van der Waals surface area contributed by atoms with Crippen molar-refractivity contribution in [2.45, 2.75) is 25.6 Å². The largest absolute Gasteiger partial charge is 0.373 e. The maximum atomic E-state index is 5.62. The third kappa shape index (κ3) is 2.19. The van der Waals surface area contributed by atoms with Gasteiger partial charge in [-0.1, -0.05) is 0 Å². The molecular weight excluding hydrogens is 154 g/mol. The van der Waals surface area contributed by atoms with Crippen LogP contribution in [0.2, 0.25) is 0 Å². The number of hydrogen-bond acceptors (Lipinski definition) is 3. The molecule has 0 radical (unpaired) electrons. The van der Waals surface area contributed by atoms with Crippen LogP contribution in [0, 0.1) is 0 Å². The molecule has 1 atom stereocenters. The van der Waals surface area contributed by atoms with Crippen molar-refractivity contribution >= 4 is 0 Å². The lowest BCUT2D eigenvalue weighted by atomic mass is 10.1. The van der Waals surface area contributed by atoms with E-state index >= 15 is 0 Å². The van der Waals surface area contributed by atoms with Gasteiger partial charge in [-0.05, 0) is 13.8 Å². The minimum absolute atomic E-state index is 0.0349. The zero-order valence-electron chi connectivity index (χ0n) is 7.88. The van der Waals surface area contributed by atoms with E-state index < -0.39 is 0 Å². The lowest BCUT2D eigenvalue weighted by Crippen LogP contribution is -2.49. The highest BCUT2D eigenvalue weighted by Crippen LogP contribution is 2.19. The Morgan fingerprint density at radius 3 is 2.83 bits per heavy atom. The average molecular weight is 171 g/mol. The van der Waals surface area contributed by atoms with Gasteiger partial charge < -0.3 is 9.47 Å². The summed E-state index contributed by atoms with van der Waals surface area (Å²) in [6.07, 6.45) is 0.513. The lowest BCUT2D eigenvalue weighted by molar-refractivity contribution is -0.0868. The zero-order chi connectivity index (χ0) is 8.60. The molecule has 0 aliphatic carbocycles. The third-order valence-electron chi connectivity index (χ3n) is 2.37. The molecule has 0 aromatic carbocycles. The van der Waals surface area contributed by atoms with Gasteiger partial charge in [-0.25, -0.2) is 0 Å². The molecule has 2 rings (SSSR count). The van der Waals surface area contributed by atoms with Crippen LogP contribution >= 0.6 is 0 Å².